The van der Waals surface area contributed by atoms with Crippen LogP contribution in [0.5, 0.6) is 0 Å². The second-order valence-corrected chi connectivity index (χ2v) is 9.18. The number of sulfone groups is 1. The molecular formula is C18H25NO5S. The molecule has 0 bridgehead atoms. The topological polar surface area (TPSA) is 89.5 Å². The lowest BCUT2D eigenvalue weighted by molar-refractivity contribution is -0.129. The molecule has 1 amide bonds. The maximum absolute atomic E-state index is 12.1. The Labute approximate surface area is 148 Å². The summed E-state index contributed by atoms with van der Waals surface area (Å²) in [5.41, 5.74) is 1.52. The van der Waals surface area contributed by atoms with Crippen LogP contribution in [-0.2, 0) is 25.8 Å². The minimum absolute atomic E-state index is 0.0588. The van der Waals surface area contributed by atoms with Crippen molar-refractivity contribution < 1.29 is 22.7 Å². The van der Waals surface area contributed by atoms with Gasteiger partial charge in [-0.25, -0.2) is 13.2 Å². The number of hydrogen-bond donors (Lipinski definition) is 1. The van der Waals surface area contributed by atoms with Crippen molar-refractivity contribution in [3.8, 4) is 0 Å². The number of rotatable bonds is 6. The molecule has 1 aliphatic rings. The molecule has 6 nitrogen and oxygen atoms in total. The molecule has 0 saturated carbocycles. The van der Waals surface area contributed by atoms with E-state index in [1.807, 2.05) is 12.1 Å². The van der Waals surface area contributed by atoms with Crippen molar-refractivity contribution in [1.82, 2.24) is 5.32 Å². The van der Waals surface area contributed by atoms with Crippen molar-refractivity contribution >= 4 is 21.7 Å². The molecule has 7 heteroatoms. The first-order valence-corrected chi connectivity index (χ1v) is 10.3. The highest BCUT2D eigenvalue weighted by Gasteiger charge is 2.30. The van der Waals surface area contributed by atoms with Gasteiger partial charge in [0.1, 0.15) is 0 Å². The van der Waals surface area contributed by atoms with Gasteiger partial charge in [0.05, 0.1) is 17.1 Å². The third-order valence-corrected chi connectivity index (χ3v) is 5.83. The largest absolute Gasteiger partial charge is 0.449 e. The number of hydrogen-bond acceptors (Lipinski definition) is 5. The van der Waals surface area contributed by atoms with E-state index < -0.39 is 33.9 Å². The molecule has 25 heavy (non-hydrogen) atoms. The number of carbonyl (C=O) groups excluding carboxylic acids is 2. The Bertz CT molecular complexity index is 724. The Hall–Kier alpha value is -1.89. The van der Waals surface area contributed by atoms with Crippen LogP contribution in [0.25, 0.3) is 0 Å². The standard InChI is InChI=1S/C18H25NO5S/c1-12(2)10-14-4-6-15(7-5-14)18(21)24-13(3)17(20)19-16-8-9-25(22,23)11-16/h4-7,12-13,16H,8-11H2,1-3H3,(H,19,20)/t13-,16+/m1/s1. The summed E-state index contributed by atoms with van der Waals surface area (Å²) >= 11 is 0. The van der Waals surface area contributed by atoms with E-state index in [4.69, 9.17) is 4.74 Å². The van der Waals surface area contributed by atoms with Gasteiger partial charge >= 0.3 is 5.97 Å². The summed E-state index contributed by atoms with van der Waals surface area (Å²) in [5, 5.41) is 2.63. The van der Waals surface area contributed by atoms with Gasteiger partial charge in [0.15, 0.2) is 15.9 Å². The van der Waals surface area contributed by atoms with Crippen molar-refractivity contribution in [2.24, 2.45) is 5.92 Å². The molecule has 2 rings (SSSR count). The fourth-order valence-electron chi connectivity index (χ4n) is 2.76. The zero-order valence-electron chi connectivity index (χ0n) is 14.8. The van der Waals surface area contributed by atoms with Crippen LogP contribution in [0.1, 0.15) is 43.1 Å². The van der Waals surface area contributed by atoms with E-state index in [9.17, 15) is 18.0 Å². The van der Waals surface area contributed by atoms with Crippen molar-refractivity contribution in [2.75, 3.05) is 11.5 Å². The monoisotopic (exact) mass is 367 g/mol. The van der Waals surface area contributed by atoms with E-state index in [1.165, 1.54) is 6.92 Å². The van der Waals surface area contributed by atoms with Gasteiger partial charge in [0, 0.05) is 6.04 Å². The number of nitrogens with one attached hydrogen (secondary N) is 1. The molecule has 0 unspecified atom stereocenters. The van der Waals surface area contributed by atoms with Crippen LogP contribution in [0.15, 0.2) is 24.3 Å². The maximum atomic E-state index is 12.1. The zero-order chi connectivity index (χ0) is 18.6. The smallest absolute Gasteiger partial charge is 0.338 e. The van der Waals surface area contributed by atoms with Gasteiger partial charge in [-0.1, -0.05) is 26.0 Å². The summed E-state index contributed by atoms with van der Waals surface area (Å²) in [6.07, 6.45) is 0.343. The Morgan fingerprint density at radius 2 is 1.84 bits per heavy atom. The van der Waals surface area contributed by atoms with Gasteiger partial charge in [-0.15, -0.1) is 0 Å². The third-order valence-electron chi connectivity index (χ3n) is 4.07. The Morgan fingerprint density at radius 1 is 1.20 bits per heavy atom. The molecule has 1 saturated heterocycles. The second kappa shape index (κ2) is 7.99. The van der Waals surface area contributed by atoms with E-state index in [2.05, 4.69) is 19.2 Å². The quantitative estimate of drug-likeness (QED) is 0.774. The molecule has 0 radical (unpaired) electrons. The van der Waals surface area contributed by atoms with E-state index in [0.717, 1.165) is 12.0 Å². The van der Waals surface area contributed by atoms with Crippen molar-refractivity contribution in [3.05, 3.63) is 35.4 Å². The number of esters is 1. The first kappa shape index (κ1) is 19.4. The molecule has 0 aromatic heterocycles. The highest BCUT2D eigenvalue weighted by atomic mass is 32.2. The minimum atomic E-state index is -3.07. The predicted molar refractivity (Wildman–Crippen MR) is 95.1 cm³/mol. The lowest BCUT2D eigenvalue weighted by Crippen LogP contribution is -2.42. The Kier molecular flexibility index (Phi) is 6.21. The van der Waals surface area contributed by atoms with Crippen molar-refractivity contribution in [3.63, 3.8) is 0 Å². The molecule has 2 atom stereocenters. The minimum Gasteiger partial charge on any atom is -0.449 e. The number of carbonyl (C=O) groups is 2. The zero-order valence-corrected chi connectivity index (χ0v) is 15.6. The van der Waals surface area contributed by atoms with Crippen LogP contribution in [-0.4, -0.2) is 43.9 Å². The van der Waals surface area contributed by atoms with Crippen molar-refractivity contribution in [2.45, 2.75) is 45.8 Å². The number of benzene rings is 1. The van der Waals surface area contributed by atoms with Gasteiger partial charge in [-0.2, -0.15) is 0 Å². The van der Waals surface area contributed by atoms with Crippen LogP contribution in [0.4, 0.5) is 0 Å². The second-order valence-electron chi connectivity index (χ2n) is 6.95. The molecule has 1 heterocycles. The summed E-state index contributed by atoms with van der Waals surface area (Å²) in [6, 6.07) is 6.73. The van der Waals surface area contributed by atoms with Gasteiger partial charge in [0.2, 0.25) is 0 Å². The molecular weight excluding hydrogens is 342 g/mol. The fourth-order valence-corrected chi connectivity index (χ4v) is 4.43. The molecule has 1 N–H and O–H groups in total. The normalized spacial score (nSPS) is 20.2. The SMILES string of the molecule is CC(C)Cc1ccc(C(=O)O[C@H](C)C(=O)N[C@H]2CCS(=O)(=O)C2)cc1. The molecule has 0 spiro atoms. The van der Waals surface area contributed by atoms with Gasteiger partial charge in [-0.3, -0.25) is 4.79 Å². The predicted octanol–water partition coefficient (Wildman–Crippen LogP) is 1.73. The Morgan fingerprint density at radius 3 is 2.36 bits per heavy atom. The summed E-state index contributed by atoms with van der Waals surface area (Å²) in [4.78, 5) is 24.2. The van der Waals surface area contributed by atoms with Crippen LogP contribution in [0, 0.1) is 5.92 Å². The summed E-state index contributed by atoms with van der Waals surface area (Å²) < 4.78 is 28.0. The fraction of sp³-hybridized carbons (Fsp3) is 0.556. The lowest BCUT2D eigenvalue weighted by atomic mass is 10.0. The van der Waals surface area contributed by atoms with Gasteiger partial charge in [0.25, 0.3) is 5.91 Å². The van der Waals surface area contributed by atoms with E-state index in [-0.39, 0.29) is 11.5 Å². The van der Waals surface area contributed by atoms with E-state index >= 15 is 0 Å². The van der Waals surface area contributed by atoms with Crippen LogP contribution in [0.3, 0.4) is 0 Å². The molecule has 1 aromatic carbocycles. The molecule has 0 aliphatic carbocycles. The van der Waals surface area contributed by atoms with Crippen LogP contribution < -0.4 is 5.32 Å². The Balaban J connectivity index is 1.87. The first-order chi connectivity index (χ1) is 11.7. The maximum Gasteiger partial charge on any atom is 0.338 e. The molecule has 138 valence electrons. The first-order valence-electron chi connectivity index (χ1n) is 8.47. The van der Waals surface area contributed by atoms with Crippen molar-refractivity contribution in [1.29, 1.82) is 0 Å². The van der Waals surface area contributed by atoms with Gasteiger partial charge in [-0.05, 0) is 43.4 Å². The average Bonchev–Trinajstić information content (AvgIpc) is 2.86. The van der Waals surface area contributed by atoms with E-state index in [0.29, 0.717) is 17.9 Å². The molecule has 1 aromatic rings. The van der Waals surface area contributed by atoms with Gasteiger partial charge < -0.3 is 10.1 Å². The summed E-state index contributed by atoms with van der Waals surface area (Å²) in [5.74, 6) is -0.503. The molecule has 1 aliphatic heterocycles. The third kappa shape index (κ3) is 5.85. The van der Waals surface area contributed by atoms with Crippen LogP contribution in [0.2, 0.25) is 0 Å². The summed E-state index contributed by atoms with van der Waals surface area (Å²) in [6.45, 7) is 5.72. The highest BCUT2D eigenvalue weighted by Crippen LogP contribution is 2.13. The number of amides is 1. The summed E-state index contributed by atoms with van der Waals surface area (Å²) in [7, 11) is -3.07. The lowest BCUT2D eigenvalue weighted by Gasteiger charge is -2.16. The average molecular weight is 367 g/mol. The molecule has 1 fully saturated rings. The highest BCUT2D eigenvalue weighted by molar-refractivity contribution is 7.91. The van der Waals surface area contributed by atoms with E-state index in [1.54, 1.807) is 12.1 Å². The van der Waals surface area contributed by atoms with Crippen LogP contribution >= 0.6 is 0 Å². The number of ether oxygens (including phenoxy) is 1.